The molecule has 0 spiro atoms. The van der Waals surface area contributed by atoms with Gasteiger partial charge in [-0.05, 0) is 88.0 Å². The molecule has 0 aliphatic carbocycles. The van der Waals surface area contributed by atoms with E-state index in [0.29, 0.717) is 12.5 Å². The van der Waals surface area contributed by atoms with Gasteiger partial charge in [-0.25, -0.2) is 0 Å². The molecule has 1 fully saturated rings. The van der Waals surface area contributed by atoms with Gasteiger partial charge in [0.1, 0.15) is 23.3 Å². The van der Waals surface area contributed by atoms with E-state index in [-0.39, 0.29) is 0 Å². The van der Waals surface area contributed by atoms with Crippen molar-refractivity contribution < 1.29 is 9.26 Å². The summed E-state index contributed by atoms with van der Waals surface area (Å²) >= 11 is 1.61. The lowest BCUT2D eigenvalue weighted by atomic mass is 9.91. The van der Waals surface area contributed by atoms with E-state index in [0.717, 1.165) is 71.0 Å². The number of benzene rings is 1. The number of likely N-dealkylation sites (tertiary alicyclic amines) is 1. The van der Waals surface area contributed by atoms with Gasteiger partial charge in [-0.3, -0.25) is 9.88 Å². The van der Waals surface area contributed by atoms with Crippen molar-refractivity contribution in [3.63, 3.8) is 0 Å². The highest BCUT2D eigenvalue weighted by Crippen LogP contribution is 2.32. The van der Waals surface area contributed by atoms with Gasteiger partial charge in [-0.15, -0.1) is 11.3 Å². The maximum atomic E-state index is 9.02. The van der Waals surface area contributed by atoms with E-state index >= 15 is 0 Å². The number of pyridine rings is 1. The maximum Gasteiger partial charge on any atom is 0.173 e. The minimum atomic E-state index is 0.429. The molecule has 0 unspecified atom stereocenters. The summed E-state index contributed by atoms with van der Waals surface area (Å²) in [6.07, 6.45) is 6.25. The Hall–Kier alpha value is -3.21. The van der Waals surface area contributed by atoms with E-state index in [9.17, 15) is 0 Å². The van der Waals surface area contributed by atoms with Crippen molar-refractivity contribution in [1.82, 2.24) is 15.0 Å². The normalized spacial score (nSPS) is 14.9. The summed E-state index contributed by atoms with van der Waals surface area (Å²) in [5.74, 6) is 1.52. The molecule has 1 saturated heterocycles. The summed E-state index contributed by atoms with van der Waals surface area (Å²) < 4.78 is 11.7. The summed E-state index contributed by atoms with van der Waals surface area (Å²) in [5.41, 5.74) is 3.73. The van der Waals surface area contributed by atoms with Crippen molar-refractivity contribution in [2.75, 3.05) is 13.1 Å². The van der Waals surface area contributed by atoms with Gasteiger partial charge in [0.2, 0.25) is 0 Å². The van der Waals surface area contributed by atoms with Crippen molar-refractivity contribution in [3.8, 4) is 11.8 Å². The lowest BCUT2D eigenvalue weighted by molar-refractivity contribution is 0.173. The van der Waals surface area contributed by atoms with E-state index < -0.39 is 0 Å². The summed E-state index contributed by atoms with van der Waals surface area (Å²) in [4.78, 5) is 8.90. The Morgan fingerprint density at radius 2 is 2.06 bits per heavy atom. The fraction of sp³-hybridized carbons (Fsp3) is 0.370. The Labute approximate surface area is 203 Å². The van der Waals surface area contributed by atoms with Crippen LogP contribution in [0, 0.1) is 24.2 Å². The van der Waals surface area contributed by atoms with Crippen LogP contribution in [0.3, 0.4) is 0 Å². The van der Waals surface area contributed by atoms with Crippen molar-refractivity contribution in [2.24, 2.45) is 5.92 Å². The van der Waals surface area contributed by atoms with Crippen LogP contribution in [0.5, 0.6) is 5.75 Å². The second-order valence-corrected chi connectivity index (χ2v) is 10.1. The Morgan fingerprint density at radius 3 is 2.82 bits per heavy atom. The molecule has 174 valence electrons. The molecule has 0 saturated carbocycles. The fourth-order valence-electron chi connectivity index (χ4n) is 4.66. The van der Waals surface area contributed by atoms with Crippen LogP contribution >= 0.6 is 11.3 Å². The van der Waals surface area contributed by atoms with Gasteiger partial charge >= 0.3 is 0 Å². The molecule has 4 heterocycles. The van der Waals surface area contributed by atoms with Gasteiger partial charge in [-0.2, -0.15) is 5.26 Å². The molecule has 1 aliphatic heterocycles. The van der Waals surface area contributed by atoms with Crippen molar-refractivity contribution in [3.05, 3.63) is 75.4 Å². The van der Waals surface area contributed by atoms with Crippen LogP contribution < -0.4 is 4.74 Å². The monoisotopic (exact) mass is 472 g/mol. The van der Waals surface area contributed by atoms with E-state index in [1.54, 1.807) is 17.5 Å². The Kier molecular flexibility index (Phi) is 6.89. The number of rotatable bonds is 8. The average molecular weight is 473 g/mol. The number of fused-ring (bicyclic) bond motifs is 1. The summed E-state index contributed by atoms with van der Waals surface area (Å²) in [5, 5.41) is 14.5. The molecule has 4 aromatic rings. The number of hydrogen-bond acceptors (Lipinski definition) is 7. The predicted octanol–water partition coefficient (Wildman–Crippen LogP) is 5.89. The maximum absolute atomic E-state index is 9.02. The van der Waals surface area contributed by atoms with Gasteiger partial charge in [-0.1, -0.05) is 11.2 Å². The zero-order valence-electron chi connectivity index (χ0n) is 19.4. The number of nitrogens with zero attached hydrogens (tertiary/aromatic N) is 4. The highest BCUT2D eigenvalue weighted by molar-refractivity contribution is 7.12. The molecule has 0 radical (unpaired) electrons. The fourth-order valence-corrected chi connectivity index (χ4v) is 5.51. The first-order valence-electron chi connectivity index (χ1n) is 11.8. The van der Waals surface area contributed by atoms with Crippen LogP contribution in [-0.2, 0) is 19.6 Å². The average Bonchev–Trinajstić information content (AvgIpc) is 3.51. The van der Waals surface area contributed by atoms with Crippen molar-refractivity contribution in [2.45, 2.75) is 45.8 Å². The molecule has 1 aliphatic rings. The van der Waals surface area contributed by atoms with Crippen molar-refractivity contribution in [1.29, 1.82) is 5.26 Å². The van der Waals surface area contributed by atoms with Crippen LogP contribution in [0.1, 0.15) is 46.0 Å². The third-order valence-electron chi connectivity index (χ3n) is 6.66. The molecule has 34 heavy (non-hydrogen) atoms. The summed E-state index contributed by atoms with van der Waals surface area (Å²) in [7, 11) is 0. The van der Waals surface area contributed by atoms with Crippen LogP contribution in [0.2, 0.25) is 0 Å². The lowest BCUT2D eigenvalue weighted by Crippen LogP contribution is -2.33. The molecule has 1 aromatic carbocycles. The number of aromatic nitrogens is 2. The lowest BCUT2D eigenvalue weighted by Gasteiger charge is -2.31. The van der Waals surface area contributed by atoms with Crippen LogP contribution in [-0.4, -0.2) is 28.1 Å². The molecular weight excluding hydrogens is 444 g/mol. The molecule has 0 N–H and O–H groups in total. The Morgan fingerprint density at radius 1 is 1.18 bits per heavy atom. The van der Waals surface area contributed by atoms with Crippen molar-refractivity contribution >= 4 is 22.3 Å². The van der Waals surface area contributed by atoms with Gasteiger partial charge in [0.25, 0.3) is 0 Å². The largest absolute Gasteiger partial charge is 0.487 e. The minimum Gasteiger partial charge on any atom is -0.487 e. The third-order valence-corrected chi connectivity index (χ3v) is 7.64. The Bertz CT molecular complexity index is 1280. The molecule has 3 aromatic heterocycles. The zero-order valence-corrected chi connectivity index (χ0v) is 20.2. The highest BCUT2D eigenvalue weighted by atomic mass is 32.1. The van der Waals surface area contributed by atoms with E-state index in [2.05, 4.69) is 33.2 Å². The van der Waals surface area contributed by atoms with Crippen LogP contribution in [0.4, 0.5) is 0 Å². The van der Waals surface area contributed by atoms with E-state index in [1.165, 1.54) is 17.7 Å². The second-order valence-electron chi connectivity index (χ2n) is 8.94. The topological polar surface area (TPSA) is 75.2 Å². The molecule has 6 nitrogen and oxygen atoms in total. The number of ether oxygens (including phenoxy) is 1. The first-order valence-corrected chi connectivity index (χ1v) is 12.6. The van der Waals surface area contributed by atoms with Crippen LogP contribution in [0.25, 0.3) is 11.0 Å². The minimum absolute atomic E-state index is 0.429. The first-order chi connectivity index (χ1) is 16.7. The SMILES string of the molecule is Cc1c(OCc2ccccn2)ccc2c(CCC3CCN(Cc4ccc(C#N)s4)CC3)noc12. The predicted molar refractivity (Wildman–Crippen MR) is 133 cm³/mol. The number of nitriles is 1. The van der Waals surface area contributed by atoms with Gasteiger partial charge < -0.3 is 9.26 Å². The molecular formula is C27H28N4O2S. The molecule has 7 heteroatoms. The first kappa shape index (κ1) is 22.6. The number of piperidine rings is 1. The highest BCUT2D eigenvalue weighted by Gasteiger charge is 2.21. The standard InChI is InChI=1S/C27H28N4O2S/c1-19-26(32-18-21-4-2-3-13-29-21)10-8-24-25(30-33-27(19)24)9-5-20-11-14-31(15-12-20)17-23-7-6-22(16-28)34-23/h2-4,6-8,10,13,20H,5,9,11-12,14-15,17-18H2,1H3. The van der Waals surface area contributed by atoms with E-state index in [4.69, 9.17) is 14.5 Å². The van der Waals surface area contributed by atoms with E-state index in [1.807, 2.05) is 37.3 Å². The number of thiophene rings is 1. The third kappa shape index (κ3) is 5.14. The van der Waals surface area contributed by atoms with Gasteiger partial charge in [0.05, 0.1) is 11.4 Å². The second kappa shape index (κ2) is 10.4. The Balaban J connectivity index is 1.14. The number of hydrogen-bond donors (Lipinski definition) is 0. The molecule has 0 bridgehead atoms. The summed E-state index contributed by atoms with van der Waals surface area (Å²) in [6, 6.07) is 16.1. The molecule has 0 atom stereocenters. The van der Waals surface area contributed by atoms with Gasteiger partial charge in [0, 0.05) is 28.6 Å². The zero-order chi connectivity index (χ0) is 23.3. The smallest absolute Gasteiger partial charge is 0.173 e. The molecule has 5 rings (SSSR count). The number of aryl methyl sites for hydroxylation is 2. The van der Waals surface area contributed by atoms with Crippen LogP contribution in [0.15, 0.2) is 53.2 Å². The molecule has 0 amide bonds. The quantitative estimate of drug-likeness (QED) is 0.318. The summed E-state index contributed by atoms with van der Waals surface area (Å²) in [6.45, 7) is 5.63. The van der Waals surface area contributed by atoms with Gasteiger partial charge in [0.15, 0.2) is 5.58 Å².